The van der Waals surface area contributed by atoms with Gasteiger partial charge in [0.1, 0.15) is 11.9 Å². The largest absolute Gasteiger partial charge is 0.375 e. The molecule has 4 fully saturated rings. The second kappa shape index (κ2) is 11.5. The van der Waals surface area contributed by atoms with Gasteiger partial charge in [-0.2, -0.15) is 0 Å². The lowest BCUT2D eigenvalue weighted by Gasteiger charge is -2.29. The Bertz CT molecular complexity index is 1180. The minimum atomic E-state index is -1.17. The first-order chi connectivity index (χ1) is 18.7. The molecule has 4 amide bonds. The number of carbonyl (C=O) groups excluding carboxylic acids is 5. The van der Waals surface area contributed by atoms with Gasteiger partial charge in [-0.15, -0.1) is 0 Å². The molecule has 4 N–H and O–H groups in total. The monoisotopic (exact) mass is 561 g/mol. The molecule has 1 aromatic rings. The van der Waals surface area contributed by atoms with Gasteiger partial charge in [-0.1, -0.05) is 18.0 Å². The summed E-state index contributed by atoms with van der Waals surface area (Å²) in [5.41, 5.74) is 0.397. The minimum Gasteiger partial charge on any atom is -0.375 e. The zero-order valence-corrected chi connectivity index (χ0v) is 22.3. The number of fused-ring (bicyclic) bond motifs is 1. The molecule has 2 aliphatic heterocycles. The van der Waals surface area contributed by atoms with Crippen molar-refractivity contribution in [3.05, 3.63) is 29.0 Å². The van der Waals surface area contributed by atoms with E-state index in [-0.39, 0.29) is 47.7 Å². The molecular weight excluding hydrogens is 529 g/mol. The van der Waals surface area contributed by atoms with Crippen LogP contribution in [0.15, 0.2) is 18.2 Å². The van der Waals surface area contributed by atoms with Gasteiger partial charge in [-0.3, -0.25) is 24.0 Å². The Morgan fingerprint density at radius 1 is 1.13 bits per heavy atom. The van der Waals surface area contributed by atoms with Crippen LogP contribution in [-0.2, 0) is 24.0 Å². The average molecular weight is 562 g/mol. The zero-order chi connectivity index (χ0) is 27.7. The maximum Gasteiger partial charge on any atom is 0.289 e. The summed E-state index contributed by atoms with van der Waals surface area (Å²) in [5.74, 6) is -3.45. The molecule has 2 saturated carbocycles. The lowest BCUT2D eigenvalue weighted by molar-refractivity contribution is -0.142. The van der Waals surface area contributed by atoms with Crippen molar-refractivity contribution in [2.75, 3.05) is 25.0 Å². The fourth-order valence-electron chi connectivity index (χ4n) is 6.09. The van der Waals surface area contributed by atoms with Gasteiger partial charge in [0.2, 0.25) is 23.5 Å². The maximum absolute atomic E-state index is 13.7. The summed E-state index contributed by atoms with van der Waals surface area (Å²) in [6.45, 7) is 0.738. The molecule has 5 atom stereocenters. The smallest absolute Gasteiger partial charge is 0.289 e. The highest BCUT2D eigenvalue weighted by molar-refractivity contribution is 6.38. The van der Waals surface area contributed by atoms with E-state index in [1.54, 1.807) is 0 Å². The van der Waals surface area contributed by atoms with E-state index >= 15 is 0 Å². The van der Waals surface area contributed by atoms with Crippen molar-refractivity contribution in [3.8, 4) is 0 Å². The van der Waals surface area contributed by atoms with Crippen LogP contribution in [0.2, 0.25) is 5.02 Å². The summed E-state index contributed by atoms with van der Waals surface area (Å²) in [7, 11) is 0. The molecule has 0 radical (unpaired) electrons. The molecule has 39 heavy (non-hydrogen) atoms. The first-order valence-corrected chi connectivity index (χ1v) is 14.0. The molecular formula is C27H33ClFN5O5. The van der Waals surface area contributed by atoms with Crippen LogP contribution in [0.4, 0.5) is 10.1 Å². The highest BCUT2D eigenvalue weighted by Gasteiger charge is 2.50. The Kier molecular flexibility index (Phi) is 8.06. The second-order valence-corrected chi connectivity index (χ2v) is 11.4. The van der Waals surface area contributed by atoms with Crippen molar-refractivity contribution in [1.29, 1.82) is 0 Å². The van der Waals surface area contributed by atoms with E-state index in [9.17, 15) is 28.4 Å². The molecule has 210 valence electrons. The summed E-state index contributed by atoms with van der Waals surface area (Å²) >= 11 is 6.07. The van der Waals surface area contributed by atoms with Crippen molar-refractivity contribution in [1.82, 2.24) is 20.9 Å². The number of halogens is 2. The predicted molar refractivity (Wildman–Crippen MR) is 140 cm³/mol. The summed E-state index contributed by atoms with van der Waals surface area (Å²) in [6.07, 6.45) is 4.76. The summed E-state index contributed by atoms with van der Waals surface area (Å²) in [6, 6.07) is 1.82. The van der Waals surface area contributed by atoms with Gasteiger partial charge in [0.15, 0.2) is 0 Å². The Morgan fingerprint density at radius 3 is 2.62 bits per heavy atom. The topological polar surface area (TPSA) is 137 Å². The van der Waals surface area contributed by atoms with Crippen LogP contribution < -0.4 is 21.3 Å². The number of carbonyl (C=O) groups is 5. The third-order valence-corrected chi connectivity index (χ3v) is 8.61. The summed E-state index contributed by atoms with van der Waals surface area (Å²) in [4.78, 5) is 66.5. The first kappa shape index (κ1) is 27.4. The Hall–Kier alpha value is -3.21. The third kappa shape index (κ3) is 6.18. The van der Waals surface area contributed by atoms with Gasteiger partial charge in [-0.25, -0.2) is 4.39 Å². The molecule has 0 bridgehead atoms. The van der Waals surface area contributed by atoms with Gasteiger partial charge < -0.3 is 26.2 Å². The van der Waals surface area contributed by atoms with Crippen LogP contribution in [0.5, 0.6) is 0 Å². The van der Waals surface area contributed by atoms with Crippen LogP contribution in [0, 0.1) is 23.6 Å². The van der Waals surface area contributed by atoms with E-state index in [1.807, 2.05) is 0 Å². The number of anilines is 1. The number of hydrogen-bond acceptors (Lipinski definition) is 6. The highest BCUT2D eigenvalue weighted by atomic mass is 35.5. The molecule has 0 spiro atoms. The van der Waals surface area contributed by atoms with Crippen LogP contribution in [0.1, 0.15) is 44.9 Å². The number of nitrogens with one attached hydrogen (secondary N) is 4. The Balaban J connectivity index is 1.30. The SMILES string of the molecule is O=C(NC1CC1)C(=O)[C@H](C[C@@H]1CCNC1=O)NC(=O)[C@@H]1[C@H]2CCC[C@H]2CN1C(=O)CNc1ccc(F)cc1Cl. The molecule has 2 heterocycles. The Morgan fingerprint density at radius 2 is 1.92 bits per heavy atom. The molecule has 5 rings (SSSR count). The molecule has 1 aromatic carbocycles. The molecule has 0 aromatic heterocycles. The quantitative estimate of drug-likeness (QED) is 0.319. The van der Waals surface area contributed by atoms with E-state index in [0.717, 1.165) is 38.2 Å². The van der Waals surface area contributed by atoms with E-state index < -0.39 is 41.4 Å². The van der Waals surface area contributed by atoms with Crippen molar-refractivity contribution in [2.24, 2.45) is 17.8 Å². The molecule has 0 unspecified atom stereocenters. The highest BCUT2D eigenvalue weighted by Crippen LogP contribution is 2.42. The van der Waals surface area contributed by atoms with Crippen molar-refractivity contribution < 1.29 is 28.4 Å². The molecule has 12 heteroatoms. The van der Waals surface area contributed by atoms with Gasteiger partial charge >= 0.3 is 0 Å². The van der Waals surface area contributed by atoms with E-state index in [4.69, 9.17) is 11.6 Å². The second-order valence-electron chi connectivity index (χ2n) is 11.0. The summed E-state index contributed by atoms with van der Waals surface area (Å²) in [5, 5.41) is 11.2. The molecule has 2 aliphatic carbocycles. The van der Waals surface area contributed by atoms with E-state index in [0.29, 0.717) is 25.2 Å². The molecule has 4 aliphatic rings. The van der Waals surface area contributed by atoms with Crippen molar-refractivity contribution >= 4 is 46.7 Å². The molecule has 2 saturated heterocycles. The number of amides is 4. The molecule has 10 nitrogen and oxygen atoms in total. The van der Waals surface area contributed by atoms with Gasteiger partial charge in [0.25, 0.3) is 5.91 Å². The third-order valence-electron chi connectivity index (χ3n) is 8.29. The van der Waals surface area contributed by atoms with E-state index in [2.05, 4.69) is 21.3 Å². The average Bonchev–Trinajstić information content (AvgIpc) is 3.26. The number of likely N-dealkylation sites (tertiary alicyclic amines) is 1. The number of Topliss-reactive ketones (excluding diaryl/α,β-unsaturated/α-hetero) is 1. The fraction of sp³-hybridized carbons (Fsp3) is 0.593. The van der Waals surface area contributed by atoms with Crippen LogP contribution in [-0.4, -0.2) is 72.1 Å². The van der Waals surface area contributed by atoms with Crippen LogP contribution >= 0.6 is 11.6 Å². The fourth-order valence-corrected chi connectivity index (χ4v) is 6.32. The minimum absolute atomic E-state index is 0.0217. The number of nitrogens with zero attached hydrogens (tertiary/aromatic N) is 1. The zero-order valence-electron chi connectivity index (χ0n) is 21.5. The number of ketones is 1. The lowest BCUT2D eigenvalue weighted by Crippen LogP contribution is -2.56. The van der Waals surface area contributed by atoms with Crippen molar-refractivity contribution in [3.63, 3.8) is 0 Å². The number of benzene rings is 1. The van der Waals surface area contributed by atoms with Crippen LogP contribution in [0.25, 0.3) is 0 Å². The van der Waals surface area contributed by atoms with Crippen molar-refractivity contribution in [2.45, 2.75) is 63.1 Å². The maximum atomic E-state index is 13.7. The normalized spacial score (nSPS) is 26.5. The van der Waals surface area contributed by atoms with E-state index in [1.165, 1.54) is 17.0 Å². The summed E-state index contributed by atoms with van der Waals surface area (Å²) < 4.78 is 13.4. The van der Waals surface area contributed by atoms with Gasteiger partial charge in [0, 0.05) is 25.0 Å². The van der Waals surface area contributed by atoms with Crippen LogP contribution in [0.3, 0.4) is 0 Å². The lowest BCUT2D eigenvalue weighted by atomic mass is 9.91. The number of rotatable bonds is 10. The predicted octanol–water partition coefficient (Wildman–Crippen LogP) is 1.38. The number of hydrogen-bond donors (Lipinski definition) is 4. The van der Waals surface area contributed by atoms with Gasteiger partial charge in [-0.05, 0) is 68.6 Å². The Labute approximate surface area is 230 Å². The standard InChI is InChI=1S/C27H33ClFN5O5/c28-19-11-16(29)4-7-20(19)31-12-22(35)34-13-15-2-1-3-18(15)23(34)26(38)33-21(10-14-8-9-30-25(14)37)24(36)27(39)32-17-5-6-17/h4,7,11,14-15,17-18,21,23,31H,1-3,5-6,8-10,12-13H2,(H,30,37)(H,32,39)(H,33,38)/t14-,15-,18-,21-,23-/m0/s1. The first-order valence-electron chi connectivity index (χ1n) is 13.6. The van der Waals surface area contributed by atoms with Gasteiger partial charge in [0.05, 0.1) is 23.3 Å².